The van der Waals surface area contributed by atoms with Crippen molar-refractivity contribution in [2.24, 2.45) is 11.8 Å². The monoisotopic (exact) mass is 600 g/mol. The summed E-state index contributed by atoms with van der Waals surface area (Å²) in [5.41, 5.74) is -0.500. The van der Waals surface area contributed by atoms with Gasteiger partial charge in [-0.25, -0.2) is 22.7 Å². The topological polar surface area (TPSA) is 141 Å². The number of sulfonamides is 1. The van der Waals surface area contributed by atoms with E-state index < -0.39 is 40.5 Å². The summed E-state index contributed by atoms with van der Waals surface area (Å²) in [6, 6.07) is 7.40. The number of hydrogen-bond donors (Lipinski definition) is 4. The fraction of sp³-hybridized carbons (Fsp3) is 0.560. The molecular formula is C25H31F3N6O4S2. The average molecular weight is 601 g/mol. The molecule has 2 saturated carbocycles. The third-order valence-electron chi connectivity index (χ3n) is 7.28. The van der Waals surface area contributed by atoms with E-state index in [9.17, 15) is 31.8 Å². The molecule has 1 aromatic carbocycles. The number of nitrogens with zero attached hydrogens (tertiary/aromatic N) is 4. The number of para-hydroxylation sites is 1. The molecule has 0 aliphatic heterocycles. The molecule has 0 amide bonds. The van der Waals surface area contributed by atoms with Crippen molar-refractivity contribution in [1.82, 2.24) is 19.3 Å². The van der Waals surface area contributed by atoms with E-state index in [1.807, 2.05) is 24.3 Å². The number of aryl methyl sites for hydroxylation is 1. The first-order valence-corrected chi connectivity index (χ1v) is 15.6. The molecule has 0 bridgehead atoms. The van der Waals surface area contributed by atoms with Crippen molar-refractivity contribution in [3.8, 4) is 10.6 Å². The van der Waals surface area contributed by atoms with Gasteiger partial charge in [0.15, 0.2) is 5.72 Å². The van der Waals surface area contributed by atoms with Gasteiger partial charge in [0.1, 0.15) is 23.5 Å². The number of halogens is 3. The maximum atomic E-state index is 12.9. The van der Waals surface area contributed by atoms with E-state index in [4.69, 9.17) is 0 Å². The number of aliphatic hydroxyl groups excluding tert-OH is 1. The fourth-order valence-corrected chi connectivity index (χ4v) is 6.99. The van der Waals surface area contributed by atoms with Gasteiger partial charge in [0.05, 0.1) is 27.7 Å². The highest BCUT2D eigenvalue weighted by Crippen LogP contribution is 2.41. The van der Waals surface area contributed by atoms with E-state index >= 15 is 0 Å². The van der Waals surface area contributed by atoms with Crippen LogP contribution in [0.15, 0.2) is 24.3 Å². The van der Waals surface area contributed by atoms with Gasteiger partial charge in [-0.15, -0.1) is 11.3 Å². The minimum atomic E-state index is -4.50. The maximum absolute atomic E-state index is 12.9. The zero-order valence-corrected chi connectivity index (χ0v) is 23.6. The molecule has 2 aromatic heterocycles. The van der Waals surface area contributed by atoms with Gasteiger partial charge in [-0.1, -0.05) is 12.1 Å². The summed E-state index contributed by atoms with van der Waals surface area (Å²) in [6.45, 7) is 0.665. The first-order valence-electron chi connectivity index (χ1n) is 12.9. The van der Waals surface area contributed by atoms with Crippen LogP contribution in [0.2, 0.25) is 0 Å². The molecule has 15 heteroatoms. The summed E-state index contributed by atoms with van der Waals surface area (Å²) >= 11 is 1.33. The van der Waals surface area contributed by atoms with Gasteiger partial charge in [0.25, 0.3) is 0 Å². The number of aliphatic hydroxyl groups is 2. The summed E-state index contributed by atoms with van der Waals surface area (Å²) < 4.78 is 65.7. The number of benzene rings is 1. The SMILES string of the molecule is Cc1nc(NCC(F)(F)F)nc(NC2(O)CCC(CN(CC3CC3)S(C)(=O)=O)C2O)c1-c1nc2ccccc2s1. The molecule has 4 N–H and O–H groups in total. The molecule has 0 radical (unpaired) electrons. The predicted octanol–water partition coefficient (Wildman–Crippen LogP) is 3.58. The van der Waals surface area contributed by atoms with Crippen LogP contribution in [0.5, 0.6) is 0 Å². The second-order valence-corrected chi connectivity index (χ2v) is 13.6. The number of hydrogen-bond acceptors (Lipinski definition) is 10. The molecule has 40 heavy (non-hydrogen) atoms. The van der Waals surface area contributed by atoms with E-state index in [1.165, 1.54) is 15.6 Å². The second-order valence-electron chi connectivity index (χ2n) is 10.6. The van der Waals surface area contributed by atoms with Gasteiger partial charge in [0.2, 0.25) is 16.0 Å². The minimum Gasteiger partial charge on any atom is -0.388 e. The molecule has 3 aromatic rings. The number of fused-ring (bicyclic) bond motifs is 1. The molecular weight excluding hydrogens is 569 g/mol. The van der Waals surface area contributed by atoms with Crippen molar-refractivity contribution >= 4 is 43.3 Å². The molecule has 3 unspecified atom stereocenters. The Balaban J connectivity index is 1.46. The normalized spacial score (nSPS) is 23.7. The standard InChI is InChI=1S/C25H31F3N6O4S2/c1-14-19(22-31-17-5-3-4-6-18(17)39-22)21(32-23(30-14)29-13-25(26,27)28)33-24(36)10-9-16(20(24)35)12-34(40(2,37)38)11-15-7-8-15/h3-6,15-16,20,35-36H,7-13H2,1-2H3,(H2,29,30,32,33). The summed E-state index contributed by atoms with van der Waals surface area (Å²) in [6.07, 6.45) is -2.45. The number of anilines is 2. The van der Waals surface area contributed by atoms with Crippen molar-refractivity contribution in [3.05, 3.63) is 30.0 Å². The van der Waals surface area contributed by atoms with Crippen molar-refractivity contribution in [3.63, 3.8) is 0 Å². The summed E-state index contributed by atoms with van der Waals surface area (Å²) in [5, 5.41) is 28.3. The molecule has 3 atom stereocenters. The summed E-state index contributed by atoms with van der Waals surface area (Å²) in [4.78, 5) is 13.1. The van der Waals surface area contributed by atoms with E-state index in [1.54, 1.807) is 6.92 Å². The lowest BCUT2D eigenvalue weighted by Gasteiger charge is -2.32. The minimum absolute atomic E-state index is 0.0105. The van der Waals surface area contributed by atoms with Crippen LogP contribution in [-0.4, -0.2) is 81.8 Å². The smallest absolute Gasteiger partial charge is 0.388 e. The van der Waals surface area contributed by atoms with Crippen LogP contribution in [0, 0.1) is 18.8 Å². The summed E-state index contributed by atoms with van der Waals surface area (Å²) in [5.74, 6) is -0.560. The van der Waals surface area contributed by atoms with Crippen LogP contribution in [0.4, 0.5) is 24.9 Å². The highest BCUT2D eigenvalue weighted by Gasteiger charge is 2.48. The van der Waals surface area contributed by atoms with Crippen LogP contribution < -0.4 is 10.6 Å². The first-order chi connectivity index (χ1) is 18.7. The van der Waals surface area contributed by atoms with Crippen LogP contribution >= 0.6 is 11.3 Å². The zero-order valence-electron chi connectivity index (χ0n) is 21.9. The second kappa shape index (κ2) is 10.7. The molecule has 2 fully saturated rings. The van der Waals surface area contributed by atoms with Crippen molar-refractivity contribution < 1.29 is 31.8 Å². The van der Waals surface area contributed by atoms with E-state index in [0.717, 1.165) is 23.8 Å². The summed E-state index contributed by atoms with van der Waals surface area (Å²) in [7, 11) is -3.52. The maximum Gasteiger partial charge on any atom is 0.405 e. The van der Waals surface area contributed by atoms with Crippen LogP contribution in [0.25, 0.3) is 20.8 Å². The third kappa shape index (κ3) is 6.48. The molecule has 5 rings (SSSR count). The van der Waals surface area contributed by atoms with E-state index in [0.29, 0.717) is 40.7 Å². The van der Waals surface area contributed by atoms with E-state index in [-0.39, 0.29) is 24.7 Å². The Morgan fingerprint density at radius 2 is 1.88 bits per heavy atom. The molecule has 2 heterocycles. The zero-order chi connectivity index (χ0) is 28.9. The number of rotatable bonds is 10. The fourth-order valence-electron chi connectivity index (χ4n) is 4.99. The number of aromatic nitrogens is 3. The van der Waals surface area contributed by atoms with Gasteiger partial charge in [0, 0.05) is 19.0 Å². The Morgan fingerprint density at radius 3 is 2.52 bits per heavy atom. The molecule has 2 aliphatic carbocycles. The van der Waals surface area contributed by atoms with E-state index in [2.05, 4.69) is 25.6 Å². The lowest BCUT2D eigenvalue weighted by atomic mass is 10.0. The highest BCUT2D eigenvalue weighted by molar-refractivity contribution is 7.88. The molecule has 218 valence electrons. The molecule has 10 nitrogen and oxygen atoms in total. The van der Waals surface area contributed by atoms with Gasteiger partial charge >= 0.3 is 6.18 Å². The predicted molar refractivity (Wildman–Crippen MR) is 146 cm³/mol. The quantitative estimate of drug-likeness (QED) is 0.257. The first kappa shape index (κ1) is 28.9. The van der Waals surface area contributed by atoms with Gasteiger partial charge in [-0.3, -0.25) is 0 Å². The lowest BCUT2D eigenvalue weighted by Crippen LogP contribution is -2.49. The third-order valence-corrected chi connectivity index (χ3v) is 9.57. The Kier molecular flexibility index (Phi) is 7.72. The number of nitrogens with one attached hydrogen (secondary N) is 2. The van der Waals surface area contributed by atoms with Crippen molar-refractivity contribution in [2.45, 2.75) is 50.6 Å². The van der Waals surface area contributed by atoms with Crippen LogP contribution in [0.1, 0.15) is 31.4 Å². The number of thiazole rings is 1. The lowest BCUT2D eigenvalue weighted by molar-refractivity contribution is -0.115. The average Bonchev–Trinajstić information content (AvgIpc) is 3.51. The Morgan fingerprint density at radius 1 is 1.15 bits per heavy atom. The Bertz CT molecular complexity index is 1460. The Labute approximate surface area is 233 Å². The molecule has 0 saturated heterocycles. The van der Waals surface area contributed by atoms with Gasteiger partial charge in [-0.05, 0) is 50.7 Å². The Hall–Kier alpha value is -2.59. The van der Waals surface area contributed by atoms with Gasteiger partial charge in [-0.2, -0.15) is 18.2 Å². The van der Waals surface area contributed by atoms with Crippen LogP contribution in [-0.2, 0) is 10.0 Å². The van der Waals surface area contributed by atoms with Gasteiger partial charge < -0.3 is 20.8 Å². The highest BCUT2D eigenvalue weighted by atomic mass is 32.2. The molecule has 0 spiro atoms. The largest absolute Gasteiger partial charge is 0.405 e. The number of alkyl halides is 3. The van der Waals surface area contributed by atoms with Crippen molar-refractivity contribution in [2.75, 3.05) is 36.5 Å². The molecule has 2 aliphatic rings. The van der Waals surface area contributed by atoms with Crippen molar-refractivity contribution in [1.29, 1.82) is 0 Å². The van der Waals surface area contributed by atoms with Crippen LogP contribution in [0.3, 0.4) is 0 Å².